The van der Waals surface area contributed by atoms with Crippen LogP contribution in [-0.4, -0.2) is 12.5 Å². The van der Waals surface area contributed by atoms with Gasteiger partial charge in [0.05, 0.1) is 22.9 Å². The van der Waals surface area contributed by atoms with E-state index in [1.807, 2.05) is 31.2 Å². The molecule has 1 aliphatic rings. The van der Waals surface area contributed by atoms with Gasteiger partial charge in [0.15, 0.2) is 0 Å². The monoisotopic (exact) mass is 330 g/mol. The summed E-state index contributed by atoms with van der Waals surface area (Å²) in [5.41, 5.74) is 8.62. The van der Waals surface area contributed by atoms with Crippen LogP contribution in [0.5, 0.6) is 5.75 Å². The smallest absolute Gasteiger partial charge is 0.259 e. The first kappa shape index (κ1) is 15.9. The number of para-hydroxylation sites is 2. The summed E-state index contributed by atoms with van der Waals surface area (Å²) in [5, 5.41) is 3.58. The molecule has 1 heterocycles. The maximum absolute atomic E-state index is 12.8. The van der Waals surface area contributed by atoms with Crippen molar-refractivity contribution in [2.24, 2.45) is 5.92 Å². The third-order valence-electron chi connectivity index (χ3n) is 4.20. The molecule has 0 bridgehead atoms. The first-order valence-electron chi connectivity index (χ1n) is 8.03. The standard InChI is InChI=1S/C18H22N2O2S/c1-3-22-14-7-5-4-6-13(14)20-18(21)16-12-9-8-11(2)10-15(12)23-17(16)19/h4-7,11H,3,8-10,19H2,1-2H3,(H,20,21)/t11-/m0/s1. The van der Waals surface area contributed by atoms with Crippen LogP contribution in [0.25, 0.3) is 0 Å². The summed E-state index contributed by atoms with van der Waals surface area (Å²) in [4.78, 5) is 14.0. The van der Waals surface area contributed by atoms with Crippen LogP contribution in [0.2, 0.25) is 0 Å². The summed E-state index contributed by atoms with van der Waals surface area (Å²) < 4.78 is 5.57. The maximum atomic E-state index is 12.8. The summed E-state index contributed by atoms with van der Waals surface area (Å²) in [7, 11) is 0. The van der Waals surface area contributed by atoms with Crippen LogP contribution in [0, 0.1) is 5.92 Å². The molecule has 0 saturated heterocycles. The second-order valence-corrected chi connectivity index (χ2v) is 7.11. The predicted octanol–water partition coefficient (Wildman–Crippen LogP) is 4.11. The summed E-state index contributed by atoms with van der Waals surface area (Å²) in [6.07, 6.45) is 3.06. The number of thiophene rings is 1. The fraction of sp³-hybridized carbons (Fsp3) is 0.389. The number of carbonyl (C=O) groups excluding carboxylic acids is 1. The first-order chi connectivity index (χ1) is 11.1. The zero-order valence-electron chi connectivity index (χ0n) is 13.5. The number of nitrogen functional groups attached to an aromatic ring is 1. The molecule has 0 spiro atoms. The van der Waals surface area contributed by atoms with Crippen molar-refractivity contribution in [1.82, 2.24) is 0 Å². The minimum absolute atomic E-state index is 0.137. The number of benzene rings is 1. The fourth-order valence-electron chi connectivity index (χ4n) is 3.06. The second kappa shape index (κ2) is 6.62. The van der Waals surface area contributed by atoms with Crippen molar-refractivity contribution >= 4 is 27.9 Å². The maximum Gasteiger partial charge on any atom is 0.259 e. The van der Waals surface area contributed by atoms with E-state index >= 15 is 0 Å². The van der Waals surface area contributed by atoms with E-state index < -0.39 is 0 Å². The molecule has 0 aliphatic heterocycles. The Morgan fingerprint density at radius 1 is 1.43 bits per heavy atom. The van der Waals surface area contributed by atoms with Crippen molar-refractivity contribution in [3.8, 4) is 5.75 Å². The average Bonchev–Trinajstić information content (AvgIpc) is 2.84. The van der Waals surface area contributed by atoms with Gasteiger partial charge in [-0.3, -0.25) is 4.79 Å². The van der Waals surface area contributed by atoms with Gasteiger partial charge in [0.25, 0.3) is 5.91 Å². The number of nitrogens with one attached hydrogen (secondary N) is 1. The summed E-state index contributed by atoms with van der Waals surface area (Å²) >= 11 is 1.56. The lowest BCUT2D eigenvalue weighted by atomic mass is 9.88. The molecule has 23 heavy (non-hydrogen) atoms. The number of ether oxygens (including phenoxy) is 1. The van der Waals surface area contributed by atoms with Gasteiger partial charge in [-0.05, 0) is 49.8 Å². The molecule has 5 heteroatoms. The van der Waals surface area contributed by atoms with Gasteiger partial charge < -0.3 is 15.8 Å². The van der Waals surface area contributed by atoms with Crippen molar-refractivity contribution in [1.29, 1.82) is 0 Å². The number of rotatable bonds is 4. The average molecular weight is 330 g/mol. The number of anilines is 2. The number of hydrogen-bond donors (Lipinski definition) is 2. The Hall–Kier alpha value is -2.01. The Bertz CT molecular complexity index is 724. The van der Waals surface area contributed by atoms with Gasteiger partial charge in [0, 0.05) is 4.88 Å². The highest BCUT2D eigenvalue weighted by molar-refractivity contribution is 7.16. The van der Waals surface area contributed by atoms with E-state index in [4.69, 9.17) is 10.5 Å². The van der Waals surface area contributed by atoms with Crippen molar-refractivity contribution in [3.63, 3.8) is 0 Å². The molecular weight excluding hydrogens is 308 g/mol. The van der Waals surface area contributed by atoms with Crippen LogP contribution < -0.4 is 15.8 Å². The van der Waals surface area contributed by atoms with Crippen molar-refractivity contribution in [2.75, 3.05) is 17.7 Å². The minimum Gasteiger partial charge on any atom is -0.492 e. The zero-order valence-corrected chi connectivity index (χ0v) is 14.3. The number of nitrogens with two attached hydrogens (primary N) is 1. The molecule has 2 aromatic rings. The van der Waals surface area contributed by atoms with Gasteiger partial charge in [0.1, 0.15) is 5.75 Å². The van der Waals surface area contributed by atoms with Gasteiger partial charge in [0.2, 0.25) is 0 Å². The Morgan fingerprint density at radius 3 is 3.00 bits per heavy atom. The molecule has 0 unspecified atom stereocenters. The highest BCUT2D eigenvalue weighted by Gasteiger charge is 2.26. The van der Waals surface area contributed by atoms with Crippen LogP contribution in [-0.2, 0) is 12.8 Å². The molecule has 122 valence electrons. The molecule has 0 radical (unpaired) electrons. The van der Waals surface area contributed by atoms with E-state index in [2.05, 4.69) is 12.2 Å². The number of carbonyl (C=O) groups is 1. The van der Waals surface area contributed by atoms with Gasteiger partial charge in [-0.15, -0.1) is 11.3 Å². The van der Waals surface area contributed by atoms with Crippen LogP contribution in [0.3, 0.4) is 0 Å². The van der Waals surface area contributed by atoms with E-state index in [1.165, 1.54) is 4.88 Å². The molecule has 3 rings (SSSR count). The fourth-order valence-corrected chi connectivity index (χ4v) is 4.34. The molecule has 1 atom stereocenters. The van der Waals surface area contributed by atoms with E-state index in [-0.39, 0.29) is 5.91 Å². The van der Waals surface area contributed by atoms with Crippen LogP contribution in [0.4, 0.5) is 10.7 Å². The molecule has 1 aromatic heterocycles. The second-order valence-electron chi connectivity index (χ2n) is 5.97. The highest BCUT2D eigenvalue weighted by Crippen LogP contribution is 2.38. The largest absolute Gasteiger partial charge is 0.492 e. The van der Waals surface area contributed by atoms with E-state index in [0.29, 0.717) is 34.5 Å². The van der Waals surface area contributed by atoms with Crippen molar-refractivity contribution < 1.29 is 9.53 Å². The normalized spacial score (nSPS) is 16.7. The van der Waals surface area contributed by atoms with Crippen LogP contribution >= 0.6 is 11.3 Å². The van der Waals surface area contributed by atoms with Gasteiger partial charge in [-0.2, -0.15) is 0 Å². The molecule has 0 saturated carbocycles. The topological polar surface area (TPSA) is 64.3 Å². The lowest BCUT2D eigenvalue weighted by Crippen LogP contribution is -2.18. The third kappa shape index (κ3) is 3.20. The van der Waals surface area contributed by atoms with E-state index in [9.17, 15) is 4.79 Å². The summed E-state index contributed by atoms with van der Waals surface area (Å²) in [5.74, 6) is 1.21. The quantitative estimate of drug-likeness (QED) is 0.887. The lowest BCUT2D eigenvalue weighted by molar-refractivity contribution is 0.102. The Kier molecular flexibility index (Phi) is 4.57. The number of fused-ring (bicyclic) bond motifs is 1. The summed E-state index contributed by atoms with van der Waals surface area (Å²) in [6, 6.07) is 7.47. The first-order valence-corrected chi connectivity index (χ1v) is 8.85. The number of hydrogen-bond acceptors (Lipinski definition) is 4. The summed E-state index contributed by atoms with van der Waals surface area (Å²) in [6.45, 7) is 4.73. The highest BCUT2D eigenvalue weighted by atomic mass is 32.1. The molecule has 3 N–H and O–H groups in total. The Morgan fingerprint density at radius 2 is 2.22 bits per heavy atom. The van der Waals surface area contributed by atoms with Gasteiger partial charge >= 0.3 is 0 Å². The Labute approximate surface area is 140 Å². The van der Waals surface area contributed by atoms with Crippen molar-refractivity contribution in [2.45, 2.75) is 33.1 Å². The number of amides is 1. The van der Waals surface area contributed by atoms with Crippen molar-refractivity contribution in [3.05, 3.63) is 40.3 Å². The Balaban J connectivity index is 1.88. The molecule has 0 fully saturated rings. The zero-order chi connectivity index (χ0) is 16.4. The minimum atomic E-state index is -0.137. The van der Waals surface area contributed by atoms with Gasteiger partial charge in [-0.25, -0.2) is 0 Å². The molecule has 1 amide bonds. The molecule has 1 aromatic carbocycles. The molecular formula is C18H22N2O2S. The van der Waals surface area contributed by atoms with Crippen LogP contribution in [0.15, 0.2) is 24.3 Å². The third-order valence-corrected chi connectivity index (χ3v) is 5.28. The molecule has 4 nitrogen and oxygen atoms in total. The molecule has 1 aliphatic carbocycles. The predicted molar refractivity (Wildman–Crippen MR) is 95.5 cm³/mol. The van der Waals surface area contributed by atoms with E-state index in [0.717, 1.165) is 24.8 Å². The van der Waals surface area contributed by atoms with Crippen LogP contribution in [0.1, 0.15) is 41.1 Å². The van der Waals surface area contributed by atoms with E-state index in [1.54, 1.807) is 11.3 Å². The lowest BCUT2D eigenvalue weighted by Gasteiger charge is -2.19. The van der Waals surface area contributed by atoms with Gasteiger partial charge in [-0.1, -0.05) is 19.1 Å². The SMILES string of the molecule is CCOc1ccccc1NC(=O)c1c(N)sc2c1CC[C@H](C)C2.